The van der Waals surface area contributed by atoms with E-state index in [0.29, 0.717) is 4.99 Å². The van der Waals surface area contributed by atoms with Crippen molar-refractivity contribution in [3.8, 4) is 0 Å². The maximum atomic E-state index is 5.70. The molecular weight excluding hydrogens is 258 g/mol. The lowest BCUT2D eigenvalue weighted by Crippen LogP contribution is -2.34. The van der Waals surface area contributed by atoms with Gasteiger partial charge in [0.05, 0.1) is 10.7 Å². The summed E-state index contributed by atoms with van der Waals surface area (Å²) in [4.78, 5) is 7.20. The first-order valence-corrected chi connectivity index (χ1v) is 6.79. The van der Waals surface area contributed by atoms with Crippen molar-refractivity contribution in [3.05, 3.63) is 24.2 Å². The van der Waals surface area contributed by atoms with Crippen molar-refractivity contribution in [1.29, 1.82) is 0 Å². The van der Waals surface area contributed by atoms with Crippen molar-refractivity contribution >= 4 is 28.5 Å². The lowest BCUT2D eigenvalue weighted by Gasteiger charge is -2.25. The average molecular weight is 277 g/mol. The molecular formula is C13H19N5S. The number of hydrogen-bond donors (Lipinski definition) is 1. The first kappa shape index (κ1) is 13.7. The highest BCUT2D eigenvalue weighted by atomic mass is 32.1. The molecule has 0 aliphatic heterocycles. The molecule has 1 unspecified atom stereocenters. The number of hydrogen-bond acceptors (Lipinski definition) is 4. The molecule has 19 heavy (non-hydrogen) atoms. The molecule has 2 heterocycles. The van der Waals surface area contributed by atoms with Gasteiger partial charge < -0.3 is 10.6 Å². The summed E-state index contributed by atoms with van der Waals surface area (Å²) in [5, 5.41) is 4.40. The third kappa shape index (κ3) is 2.84. The maximum Gasteiger partial charge on any atom is 0.154 e. The van der Waals surface area contributed by atoms with Gasteiger partial charge in [0.15, 0.2) is 5.82 Å². The van der Waals surface area contributed by atoms with E-state index in [1.165, 1.54) is 0 Å². The highest BCUT2D eigenvalue weighted by Gasteiger charge is 2.16. The van der Waals surface area contributed by atoms with Gasteiger partial charge in [-0.15, -0.1) is 0 Å². The summed E-state index contributed by atoms with van der Waals surface area (Å²) < 4.78 is 1.85. The van der Waals surface area contributed by atoms with E-state index >= 15 is 0 Å². The number of fused-ring (bicyclic) bond motifs is 1. The predicted molar refractivity (Wildman–Crippen MR) is 81.6 cm³/mol. The van der Waals surface area contributed by atoms with Crippen LogP contribution in [0.1, 0.15) is 19.5 Å². The van der Waals surface area contributed by atoms with Crippen LogP contribution >= 0.6 is 12.2 Å². The molecule has 0 amide bonds. The van der Waals surface area contributed by atoms with E-state index in [2.05, 4.69) is 21.9 Å². The molecule has 1 atom stereocenters. The van der Waals surface area contributed by atoms with Gasteiger partial charge >= 0.3 is 0 Å². The zero-order valence-electron chi connectivity index (χ0n) is 11.5. The number of nitrogens with zero attached hydrogens (tertiary/aromatic N) is 4. The Hall–Kier alpha value is -1.69. The lowest BCUT2D eigenvalue weighted by molar-refractivity contribution is 0.699. The first-order chi connectivity index (χ1) is 9.02. The second kappa shape index (κ2) is 5.52. The van der Waals surface area contributed by atoms with Crippen molar-refractivity contribution in [2.45, 2.75) is 20.8 Å². The molecule has 0 radical (unpaired) electrons. The van der Waals surface area contributed by atoms with Crippen LogP contribution in [0.3, 0.4) is 0 Å². The molecule has 0 aliphatic rings. The molecule has 0 saturated carbocycles. The summed E-state index contributed by atoms with van der Waals surface area (Å²) in [6, 6.07) is 2.04. The lowest BCUT2D eigenvalue weighted by atomic mass is 10.1. The Labute approximate surface area is 118 Å². The second-order valence-corrected chi connectivity index (χ2v) is 5.18. The van der Waals surface area contributed by atoms with E-state index in [4.69, 9.17) is 18.0 Å². The quantitative estimate of drug-likeness (QED) is 0.844. The van der Waals surface area contributed by atoms with Gasteiger partial charge in [0, 0.05) is 31.4 Å². The summed E-state index contributed by atoms with van der Waals surface area (Å²) in [5.41, 5.74) is 7.69. The van der Waals surface area contributed by atoms with Crippen molar-refractivity contribution in [2.24, 2.45) is 11.7 Å². The number of aryl methyl sites for hydroxylation is 1. The minimum absolute atomic E-state index is 0.154. The van der Waals surface area contributed by atoms with Gasteiger partial charge in [-0.1, -0.05) is 19.1 Å². The topological polar surface area (TPSA) is 59.5 Å². The normalized spacial score (nSPS) is 12.6. The van der Waals surface area contributed by atoms with Crippen molar-refractivity contribution < 1.29 is 0 Å². The van der Waals surface area contributed by atoms with Crippen LogP contribution in [-0.4, -0.2) is 32.7 Å². The molecule has 0 aliphatic carbocycles. The Kier molecular flexibility index (Phi) is 3.99. The molecule has 0 spiro atoms. The molecule has 6 heteroatoms. The Bertz CT molecular complexity index is 592. The second-order valence-electron chi connectivity index (χ2n) is 4.71. The smallest absolute Gasteiger partial charge is 0.154 e. The van der Waals surface area contributed by atoms with Crippen molar-refractivity contribution in [2.75, 3.05) is 18.0 Å². The van der Waals surface area contributed by atoms with Gasteiger partial charge in [-0.05, 0) is 19.9 Å². The Morgan fingerprint density at radius 1 is 1.58 bits per heavy atom. The van der Waals surface area contributed by atoms with Crippen molar-refractivity contribution in [3.63, 3.8) is 0 Å². The number of anilines is 1. The maximum absolute atomic E-state index is 5.70. The number of nitrogens with two attached hydrogens (primary N) is 1. The third-order valence-corrected chi connectivity index (χ3v) is 3.56. The average Bonchev–Trinajstić information content (AvgIpc) is 2.75. The molecule has 2 N–H and O–H groups in total. The predicted octanol–water partition coefficient (Wildman–Crippen LogP) is 1.79. The van der Waals surface area contributed by atoms with E-state index < -0.39 is 0 Å². The van der Waals surface area contributed by atoms with Gasteiger partial charge in [-0.2, -0.15) is 5.10 Å². The Morgan fingerprint density at radius 3 is 2.95 bits per heavy atom. The summed E-state index contributed by atoms with van der Waals surface area (Å²) >= 11 is 5.05. The van der Waals surface area contributed by atoms with Gasteiger partial charge in [0.1, 0.15) is 5.52 Å². The van der Waals surface area contributed by atoms with Gasteiger partial charge in [0.25, 0.3) is 0 Å². The van der Waals surface area contributed by atoms with E-state index in [0.717, 1.165) is 30.1 Å². The number of rotatable bonds is 5. The van der Waals surface area contributed by atoms with E-state index in [1.54, 1.807) is 6.20 Å². The molecule has 2 aromatic heterocycles. The minimum Gasteiger partial charge on any atom is -0.393 e. The molecule has 102 valence electrons. The SMILES string of the molecule is CCN(CC(C)C(N)=S)c1nccn2nc(C)cc12. The van der Waals surface area contributed by atoms with E-state index in [9.17, 15) is 0 Å². The van der Waals surface area contributed by atoms with Gasteiger partial charge in [0.2, 0.25) is 0 Å². The molecule has 0 aromatic carbocycles. The van der Waals surface area contributed by atoms with Crippen LogP contribution in [0.25, 0.3) is 5.52 Å². The Morgan fingerprint density at radius 2 is 2.32 bits per heavy atom. The first-order valence-electron chi connectivity index (χ1n) is 6.38. The minimum atomic E-state index is 0.154. The zero-order valence-corrected chi connectivity index (χ0v) is 12.3. The Balaban J connectivity index is 2.37. The highest BCUT2D eigenvalue weighted by molar-refractivity contribution is 7.80. The van der Waals surface area contributed by atoms with Gasteiger partial charge in [-0.25, -0.2) is 9.50 Å². The summed E-state index contributed by atoms with van der Waals surface area (Å²) in [7, 11) is 0. The van der Waals surface area contributed by atoms with Crippen LogP contribution in [0.15, 0.2) is 18.5 Å². The third-order valence-electron chi connectivity index (χ3n) is 3.15. The van der Waals surface area contributed by atoms with Crippen LogP contribution in [0.2, 0.25) is 0 Å². The van der Waals surface area contributed by atoms with Crippen molar-refractivity contribution in [1.82, 2.24) is 14.6 Å². The monoisotopic (exact) mass is 277 g/mol. The summed E-state index contributed by atoms with van der Waals surface area (Å²) in [6.45, 7) is 7.73. The van der Waals surface area contributed by atoms with E-state index in [1.807, 2.05) is 30.6 Å². The van der Waals surface area contributed by atoms with Crippen LogP contribution in [0, 0.1) is 12.8 Å². The van der Waals surface area contributed by atoms with E-state index in [-0.39, 0.29) is 5.92 Å². The molecule has 5 nitrogen and oxygen atoms in total. The van der Waals surface area contributed by atoms with Crippen LogP contribution < -0.4 is 10.6 Å². The number of aromatic nitrogens is 3. The molecule has 0 saturated heterocycles. The number of thiocarbonyl (C=S) groups is 1. The molecule has 2 aromatic rings. The highest BCUT2D eigenvalue weighted by Crippen LogP contribution is 2.20. The molecule has 0 bridgehead atoms. The van der Waals surface area contributed by atoms with Gasteiger partial charge in [-0.3, -0.25) is 0 Å². The summed E-state index contributed by atoms with van der Waals surface area (Å²) in [6.07, 6.45) is 3.62. The fraction of sp³-hybridized carbons (Fsp3) is 0.462. The van der Waals surface area contributed by atoms with Crippen LogP contribution in [0.5, 0.6) is 0 Å². The molecule has 2 rings (SSSR count). The fourth-order valence-electron chi connectivity index (χ4n) is 2.06. The fourth-order valence-corrected chi connectivity index (χ4v) is 2.13. The van der Waals surface area contributed by atoms with Crippen LogP contribution in [-0.2, 0) is 0 Å². The zero-order chi connectivity index (χ0) is 14.0. The molecule has 0 fully saturated rings. The standard InChI is InChI=1S/C13H19N5S/c1-4-17(8-9(2)12(14)19)13-11-7-10(3)16-18(11)6-5-15-13/h5-7,9H,4,8H2,1-3H3,(H2,14,19). The van der Waals surface area contributed by atoms with Crippen LogP contribution in [0.4, 0.5) is 5.82 Å². The largest absolute Gasteiger partial charge is 0.393 e. The summed E-state index contributed by atoms with van der Waals surface area (Å²) in [5.74, 6) is 1.08.